The Morgan fingerprint density at radius 2 is 1.15 bits per heavy atom. The van der Waals surface area contributed by atoms with Crippen LogP contribution in [0.5, 0.6) is 0 Å². The van der Waals surface area contributed by atoms with E-state index in [9.17, 15) is 8.78 Å². The zero-order valence-corrected chi connectivity index (χ0v) is 8.63. The van der Waals surface area contributed by atoms with Crippen LogP contribution in [0.15, 0.2) is 0 Å². The van der Waals surface area contributed by atoms with Gasteiger partial charge in [-0.2, -0.15) is 0 Å². The van der Waals surface area contributed by atoms with Crippen LogP contribution in [0.4, 0.5) is 8.78 Å². The summed E-state index contributed by atoms with van der Waals surface area (Å²) in [6.07, 6.45) is -4.04. The molecule has 1 heterocycles. The average Bonchev–Trinajstić information content (AvgIpc) is 2.29. The van der Waals surface area contributed by atoms with E-state index in [0.29, 0.717) is 0 Å². The Balaban J connectivity index is 2.66. The lowest BCUT2D eigenvalue weighted by Gasteiger charge is -2.18. The third kappa shape index (κ3) is 2.01. The fourth-order valence-corrected chi connectivity index (χ4v) is 1.74. The summed E-state index contributed by atoms with van der Waals surface area (Å²) in [7, 11) is 0. The van der Waals surface area contributed by atoms with Gasteiger partial charge >= 0.3 is 0 Å². The highest BCUT2D eigenvalue weighted by atomic mass is 19.2. The quantitative estimate of drug-likeness (QED) is 0.653. The van der Waals surface area contributed by atoms with Crippen LogP contribution in [0, 0.1) is 11.8 Å². The van der Waals surface area contributed by atoms with Crippen LogP contribution in [0.1, 0.15) is 27.7 Å². The van der Waals surface area contributed by atoms with Crippen LogP contribution in [0.25, 0.3) is 0 Å². The molecule has 1 aliphatic heterocycles. The maximum absolute atomic E-state index is 13.3. The summed E-state index contributed by atoms with van der Waals surface area (Å²) in [4.78, 5) is 0. The van der Waals surface area contributed by atoms with Crippen LogP contribution in [-0.2, 0) is 4.74 Å². The first kappa shape index (κ1) is 10.9. The van der Waals surface area contributed by atoms with Gasteiger partial charge in [-0.05, 0) is 11.8 Å². The van der Waals surface area contributed by atoms with Gasteiger partial charge < -0.3 is 4.74 Å². The first-order valence-electron chi connectivity index (χ1n) is 4.88. The van der Waals surface area contributed by atoms with Crippen molar-refractivity contribution in [3.05, 3.63) is 0 Å². The molecule has 3 heteroatoms. The Morgan fingerprint density at radius 1 is 0.846 bits per heavy atom. The molecule has 0 amide bonds. The highest BCUT2D eigenvalue weighted by molar-refractivity contribution is 4.93. The van der Waals surface area contributed by atoms with Gasteiger partial charge in [-0.15, -0.1) is 0 Å². The minimum Gasteiger partial charge on any atom is -0.368 e. The van der Waals surface area contributed by atoms with E-state index in [1.807, 2.05) is 27.7 Å². The smallest absolute Gasteiger partial charge is 0.160 e. The molecule has 0 radical (unpaired) electrons. The van der Waals surface area contributed by atoms with Gasteiger partial charge in [-0.25, -0.2) is 8.78 Å². The molecule has 0 unspecified atom stereocenters. The number of halogens is 2. The Labute approximate surface area is 78.5 Å². The number of hydrogen-bond acceptors (Lipinski definition) is 1. The Morgan fingerprint density at radius 3 is 1.31 bits per heavy atom. The fraction of sp³-hybridized carbons (Fsp3) is 1.00. The van der Waals surface area contributed by atoms with Crippen molar-refractivity contribution in [2.45, 2.75) is 52.2 Å². The standard InChI is InChI=1S/C10H18F2O/c1-5(2)9-7(11)8(12)10(13-9)6(3)4/h5-10H,1-4H3/t7-,8-,9-,10+/m0/s1. The molecule has 1 fully saturated rings. The van der Waals surface area contributed by atoms with E-state index < -0.39 is 24.6 Å². The summed E-state index contributed by atoms with van der Waals surface area (Å²) in [5, 5.41) is 0. The molecule has 0 spiro atoms. The molecule has 0 aromatic rings. The van der Waals surface area contributed by atoms with Crippen molar-refractivity contribution in [1.82, 2.24) is 0 Å². The van der Waals surface area contributed by atoms with Crippen molar-refractivity contribution in [1.29, 1.82) is 0 Å². The van der Waals surface area contributed by atoms with Gasteiger partial charge in [0.15, 0.2) is 12.3 Å². The van der Waals surface area contributed by atoms with Gasteiger partial charge in [-0.1, -0.05) is 27.7 Å². The van der Waals surface area contributed by atoms with Gasteiger partial charge in [-0.3, -0.25) is 0 Å². The SMILES string of the molecule is CC(C)[C@H]1O[C@@H](C(C)C)[C@@H](F)[C@@H]1F. The molecule has 1 saturated heterocycles. The topological polar surface area (TPSA) is 9.23 Å². The van der Waals surface area contributed by atoms with Crippen molar-refractivity contribution in [3.63, 3.8) is 0 Å². The maximum Gasteiger partial charge on any atom is 0.160 e. The Hall–Kier alpha value is -0.180. The monoisotopic (exact) mass is 192 g/mol. The van der Waals surface area contributed by atoms with Gasteiger partial charge in [0, 0.05) is 0 Å². The average molecular weight is 192 g/mol. The van der Waals surface area contributed by atoms with Gasteiger partial charge in [0.25, 0.3) is 0 Å². The van der Waals surface area contributed by atoms with E-state index >= 15 is 0 Å². The fourth-order valence-electron chi connectivity index (χ4n) is 1.74. The Kier molecular flexibility index (Phi) is 3.28. The van der Waals surface area contributed by atoms with Crippen molar-refractivity contribution in [3.8, 4) is 0 Å². The molecular weight excluding hydrogens is 174 g/mol. The number of alkyl halides is 2. The first-order chi connectivity index (χ1) is 5.95. The van der Waals surface area contributed by atoms with E-state index in [-0.39, 0.29) is 11.8 Å². The molecule has 13 heavy (non-hydrogen) atoms. The lowest BCUT2D eigenvalue weighted by molar-refractivity contribution is -0.0223. The molecule has 0 N–H and O–H groups in total. The van der Waals surface area contributed by atoms with Crippen molar-refractivity contribution in [2.24, 2.45) is 11.8 Å². The summed E-state index contributed by atoms with van der Waals surface area (Å²) in [5.41, 5.74) is 0. The molecular formula is C10H18F2O. The van der Waals surface area contributed by atoms with Crippen molar-refractivity contribution >= 4 is 0 Å². The molecule has 0 aromatic heterocycles. The summed E-state index contributed by atoms with van der Waals surface area (Å²) < 4.78 is 32.0. The maximum atomic E-state index is 13.3. The molecule has 0 bridgehead atoms. The number of rotatable bonds is 2. The largest absolute Gasteiger partial charge is 0.368 e. The van der Waals surface area contributed by atoms with Gasteiger partial charge in [0.2, 0.25) is 0 Å². The summed E-state index contributed by atoms with van der Waals surface area (Å²) in [6.45, 7) is 7.42. The molecule has 78 valence electrons. The molecule has 0 aliphatic carbocycles. The van der Waals surface area contributed by atoms with Crippen molar-refractivity contribution in [2.75, 3.05) is 0 Å². The Bertz CT molecular complexity index is 152. The third-order valence-corrected chi connectivity index (χ3v) is 2.56. The normalized spacial score (nSPS) is 40.6. The minimum atomic E-state index is -1.45. The summed E-state index contributed by atoms with van der Waals surface area (Å²) in [5.74, 6) is 0.0778. The van der Waals surface area contributed by atoms with E-state index in [4.69, 9.17) is 4.74 Å². The highest BCUT2D eigenvalue weighted by Crippen LogP contribution is 2.34. The van der Waals surface area contributed by atoms with Crippen molar-refractivity contribution < 1.29 is 13.5 Å². The van der Waals surface area contributed by atoms with E-state index in [2.05, 4.69) is 0 Å². The summed E-state index contributed by atoms with van der Waals surface area (Å²) >= 11 is 0. The molecule has 1 rings (SSSR count). The van der Waals surface area contributed by atoms with E-state index in [1.165, 1.54) is 0 Å². The second kappa shape index (κ2) is 3.91. The first-order valence-corrected chi connectivity index (χ1v) is 4.88. The number of ether oxygens (including phenoxy) is 1. The number of hydrogen-bond donors (Lipinski definition) is 0. The molecule has 4 atom stereocenters. The zero-order valence-electron chi connectivity index (χ0n) is 8.63. The third-order valence-electron chi connectivity index (χ3n) is 2.56. The lowest BCUT2D eigenvalue weighted by atomic mass is 9.98. The van der Waals surface area contributed by atoms with Gasteiger partial charge in [0.1, 0.15) is 0 Å². The van der Waals surface area contributed by atoms with Crippen LogP contribution >= 0.6 is 0 Å². The molecule has 0 saturated carbocycles. The van der Waals surface area contributed by atoms with Gasteiger partial charge in [0.05, 0.1) is 12.2 Å². The summed E-state index contributed by atoms with van der Waals surface area (Å²) in [6, 6.07) is 0. The molecule has 0 aromatic carbocycles. The predicted molar refractivity (Wildman–Crippen MR) is 48.1 cm³/mol. The minimum absolute atomic E-state index is 0.0389. The van der Waals surface area contributed by atoms with E-state index in [1.54, 1.807) is 0 Å². The lowest BCUT2D eigenvalue weighted by Crippen LogP contribution is -2.29. The molecule has 1 nitrogen and oxygen atoms in total. The second-order valence-electron chi connectivity index (χ2n) is 4.44. The van der Waals surface area contributed by atoms with Crippen LogP contribution in [0.2, 0.25) is 0 Å². The van der Waals surface area contributed by atoms with Crippen LogP contribution in [0.3, 0.4) is 0 Å². The second-order valence-corrected chi connectivity index (χ2v) is 4.44. The highest BCUT2D eigenvalue weighted by Gasteiger charge is 2.47. The van der Waals surface area contributed by atoms with E-state index in [0.717, 1.165) is 0 Å². The molecule has 1 aliphatic rings. The predicted octanol–water partition coefficient (Wildman–Crippen LogP) is 2.74. The van der Waals surface area contributed by atoms with Crippen LogP contribution in [-0.4, -0.2) is 24.6 Å². The zero-order chi connectivity index (χ0) is 10.2. The van der Waals surface area contributed by atoms with Crippen LogP contribution < -0.4 is 0 Å².